The minimum Gasteiger partial charge on any atom is -0.341 e. The van der Waals surface area contributed by atoms with Crippen molar-refractivity contribution >= 4 is 5.95 Å². The first kappa shape index (κ1) is 16.4. The Kier molecular flexibility index (Phi) is 6.96. The molecule has 0 radical (unpaired) electrons. The molecule has 1 aromatic heterocycles. The highest BCUT2D eigenvalue weighted by Crippen LogP contribution is 2.10. The van der Waals surface area contributed by atoms with E-state index in [4.69, 9.17) is 5.26 Å². The van der Waals surface area contributed by atoms with Crippen LogP contribution in [0, 0.1) is 18.3 Å². The molecule has 0 saturated carbocycles. The summed E-state index contributed by atoms with van der Waals surface area (Å²) in [5.41, 5.74) is 1.28. The lowest BCUT2D eigenvalue weighted by Crippen LogP contribution is -2.31. The van der Waals surface area contributed by atoms with Crippen molar-refractivity contribution in [1.29, 1.82) is 5.26 Å². The number of hydrogen-bond acceptors (Lipinski definition) is 5. The maximum atomic E-state index is 8.99. The Morgan fingerprint density at radius 1 is 1.10 bits per heavy atom. The topological polar surface area (TPSA) is 56.0 Å². The number of aromatic nitrogens is 2. The van der Waals surface area contributed by atoms with Crippen molar-refractivity contribution in [1.82, 2.24) is 14.9 Å². The van der Waals surface area contributed by atoms with Gasteiger partial charge >= 0.3 is 0 Å². The molecule has 0 aliphatic heterocycles. The average Bonchev–Trinajstić information content (AvgIpc) is 2.47. The van der Waals surface area contributed by atoms with Crippen molar-refractivity contribution in [2.75, 3.05) is 37.6 Å². The lowest BCUT2D eigenvalue weighted by molar-refractivity contribution is 0.300. The van der Waals surface area contributed by atoms with E-state index in [1.807, 2.05) is 6.92 Å². The van der Waals surface area contributed by atoms with E-state index >= 15 is 0 Å². The molecule has 0 fully saturated rings. The molecule has 0 aromatic carbocycles. The van der Waals surface area contributed by atoms with Crippen LogP contribution >= 0.6 is 0 Å². The number of rotatable bonds is 8. The molecule has 0 aliphatic carbocycles. The Morgan fingerprint density at radius 2 is 1.80 bits per heavy atom. The van der Waals surface area contributed by atoms with Crippen LogP contribution in [0.3, 0.4) is 0 Å². The van der Waals surface area contributed by atoms with Crippen LogP contribution in [-0.4, -0.2) is 47.6 Å². The van der Waals surface area contributed by atoms with Gasteiger partial charge in [-0.25, -0.2) is 9.97 Å². The summed E-state index contributed by atoms with van der Waals surface area (Å²) in [6.07, 6.45) is 1.08. The van der Waals surface area contributed by atoms with Crippen molar-refractivity contribution in [2.24, 2.45) is 0 Å². The molecular formula is C15H25N5. The van der Waals surface area contributed by atoms with Crippen molar-refractivity contribution in [3.05, 3.63) is 17.5 Å². The molecule has 0 atom stereocenters. The van der Waals surface area contributed by atoms with Gasteiger partial charge < -0.3 is 9.80 Å². The Bertz CT molecular complexity index is 448. The molecule has 0 aliphatic rings. The van der Waals surface area contributed by atoms with Gasteiger partial charge in [0.05, 0.1) is 0 Å². The zero-order valence-corrected chi connectivity index (χ0v) is 13.1. The molecule has 0 spiro atoms. The van der Waals surface area contributed by atoms with Crippen molar-refractivity contribution in [2.45, 2.75) is 34.1 Å². The monoisotopic (exact) mass is 275 g/mol. The Labute approximate surface area is 122 Å². The summed E-state index contributed by atoms with van der Waals surface area (Å²) < 4.78 is 0. The van der Waals surface area contributed by atoms with Gasteiger partial charge in [-0.3, -0.25) is 0 Å². The second-order valence-corrected chi connectivity index (χ2v) is 4.77. The smallest absolute Gasteiger partial charge is 0.226 e. The van der Waals surface area contributed by atoms with E-state index in [0.717, 1.165) is 44.8 Å². The van der Waals surface area contributed by atoms with Gasteiger partial charge in [-0.15, -0.1) is 0 Å². The largest absolute Gasteiger partial charge is 0.341 e. The SMILES string of the molecule is CCN(CC)CCCN(CC)c1nc(C)cc(C#N)n1. The van der Waals surface area contributed by atoms with Crippen LogP contribution in [0.5, 0.6) is 0 Å². The lowest BCUT2D eigenvalue weighted by Gasteiger charge is -2.23. The highest BCUT2D eigenvalue weighted by molar-refractivity contribution is 5.35. The minimum absolute atomic E-state index is 0.440. The molecule has 0 unspecified atom stereocenters. The normalized spacial score (nSPS) is 10.6. The van der Waals surface area contributed by atoms with E-state index in [1.54, 1.807) is 6.07 Å². The molecule has 1 rings (SSSR count). The third-order valence-corrected chi connectivity index (χ3v) is 3.42. The third-order valence-electron chi connectivity index (χ3n) is 3.42. The van der Waals surface area contributed by atoms with E-state index in [0.29, 0.717) is 11.6 Å². The average molecular weight is 275 g/mol. The molecule has 0 saturated heterocycles. The number of hydrogen-bond donors (Lipinski definition) is 0. The molecule has 0 bridgehead atoms. The first-order chi connectivity index (χ1) is 9.64. The lowest BCUT2D eigenvalue weighted by atomic mass is 10.3. The Hall–Kier alpha value is -1.67. The molecule has 0 amide bonds. The number of aryl methyl sites for hydroxylation is 1. The summed E-state index contributed by atoms with van der Waals surface area (Å²) in [5, 5.41) is 8.99. The fourth-order valence-electron chi connectivity index (χ4n) is 2.18. The van der Waals surface area contributed by atoms with Gasteiger partial charge in [-0.05, 0) is 46.0 Å². The van der Waals surface area contributed by atoms with Gasteiger partial charge in [-0.2, -0.15) is 5.26 Å². The summed E-state index contributed by atoms with van der Waals surface area (Å²) in [7, 11) is 0. The first-order valence-corrected chi connectivity index (χ1v) is 7.37. The molecule has 1 heterocycles. The number of anilines is 1. The van der Waals surface area contributed by atoms with Crippen LogP contribution in [0.2, 0.25) is 0 Å². The van der Waals surface area contributed by atoms with Gasteiger partial charge in [0.25, 0.3) is 0 Å². The standard InChI is InChI=1S/C15H25N5/c1-5-19(6-2)9-8-10-20(7-3)15-17-13(4)11-14(12-16)18-15/h11H,5-10H2,1-4H3. The van der Waals surface area contributed by atoms with Gasteiger partial charge in [0.15, 0.2) is 0 Å². The van der Waals surface area contributed by atoms with Gasteiger partial charge in [0.1, 0.15) is 11.8 Å². The zero-order valence-electron chi connectivity index (χ0n) is 13.1. The predicted molar refractivity (Wildman–Crippen MR) is 81.8 cm³/mol. The third kappa shape index (κ3) is 4.78. The fourth-order valence-corrected chi connectivity index (χ4v) is 2.18. The molecule has 110 valence electrons. The van der Waals surface area contributed by atoms with Crippen LogP contribution < -0.4 is 4.90 Å². The molecule has 5 nitrogen and oxygen atoms in total. The summed E-state index contributed by atoms with van der Waals surface area (Å²) in [4.78, 5) is 13.3. The zero-order chi connectivity index (χ0) is 15.0. The summed E-state index contributed by atoms with van der Waals surface area (Å²) in [5.74, 6) is 0.670. The first-order valence-electron chi connectivity index (χ1n) is 7.37. The van der Waals surface area contributed by atoms with Gasteiger partial charge in [-0.1, -0.05) is 13.8 Å². The van der Waals surface area contributed by atoms with E-state index in [9.17, 15) is 0 Å². The van der Waals surface area contributed by atoms with Crippen molar-refractivity contribution in [3.63, 3.8) is 0 Å². The van der Waals surface area contributed by atoms with Crippen LogP contribution in [0.1, 0.15) is 38.6 Å². The quantitative estimate of drug-likeness (QED) is 0.728. The van der Waals surface area contributed by atoms with Gasteiger partial charge in [0.2, 0.25) is 5.95 Å². The van der Waals surface area contributed by atoms with Crippen LogP contribution in [0.15, 0.2) is 6.07 Å². The molecule has 5 heteroatoms. The summed E-state index contributed by atoms with van der Waals surface area (Å²) in [6.45, 7) is 13.4. The Balaban J connectivity index is 2.67. The van der Waals surface area contributed by atoms with Crippen LogP contribution in [0.4, 0.5) is 5.95 Å². The number of nitriles is 1. The summed E-state index contributed by atoms with van der Waals surface area (Å²) >= 11 is 0. The Morgan fingerprint density at radius 3 is 2.35 bits per heavy atom. The van der Waals surface area contributed by atoms with E-state index in [1.165, 1.54) is 0 Å². The summed E-state index contributed by atoms with van der Waals surface area (Å²) in [6, 6.07) is 3.81. The van der Waals surface area contributed by atoms with E-state index < -0.39 is 0 Å². The van der Waals surface area contributed by atoms with E-state index in [-0.39, 0.29) is 0 Å². The molecule has 0 N–H and O–H groups in total. The van der Waals surface area contributed by atoms with Crippen molar-refractivity contribution < 1.29 is 0 Å². The highest BCUT2D eigenvalue weighted by Gasteiger charge is 2.10. The maximum Gasteiger partial charge on any atom is 0.226 e. The number of nitrogens with zero attached hydrogens (tertiary/aromatic N) is 5. The second-order valence-electron chi connectivity index (χ2n) is 4.77. The van der Waals surface area contributed by atoms with E-state index in [2.05, 4.69) is 46.6 Å². The van der Waals surface area contributed by atoms with Gasteiger partial charge in [0, 0.05) is 18.8 Å². The molecule has 20 heavy (non-hydrogen) atoms. The second kappa shape index (κ2) is 8.49. The highest BCUT2D eigenvalue weighted by atomic mass is 15.2. The minimum atomic E-state index is 0.440. The van der Waals surface area contributed by atoms with Crippen LogP contribution in [0.25, 0.3) is 0 Å². The molecular weight excluding hydrogens is 250 g/mol. The molecule has 1 aromatic rings. The van der Waals surface area contributed by atoms with Crippen LogP contribution in [-0.2, 0) is 0 Å². The fraction of sp³-hybridized carbons (Fsp3) is 0.667. The maximum absolute atomic E-state index is 8.99. The van der Waals surface area contributed by atoms with Crippen molar-refractivity contribution in [3.8, 4) is 6.07 Å². The predicted octanol–water partition coefficient (Wildman–Crippen LogP) is 2.21.